The molecule has 0 aromatic heterocycles. The van der Waals surface area contributed by atoms with Gasteiger partial charge in [0.25, 0.3) is 0 Å². The Bertz CT molecular complexity index is 442. The fourth-order valence-corrected chi connectivity index (χ4v) is 2.94. The Kier molecular flexibility index (Phi) is 4.46. The second-order valence-corrected chi connectivity index (χ2v) is 5.43. The number of benzene rings is 1. The Hall–Kier alpha value is -0.910. The summed E-state index contributed by atoms with van der Waals surface area (Å²) in [6.45, 7) is 3.89. The fraction of sp³-hybridized carbons (Fsp3) is 0.455. The van der Waals surface area contributed by atoms with E-state index in [0.29, 0.717) is 11.5 Å². The van der Waals surface area contributed by atoms with E-state index < -0.39 is 10.0 Å². The third-order valence-corrected chi connectivity index (χ3v) is 3.91. The maximum Gasteiger partial charge on any atom is 0.241 e. The highest BCUT2D eigenvalue weighted by atomic mass is 32.2. The average molecular weight is 243 g/mol. The lowest BCUT2D eigenvalue weighted by atomic mass is 10.2. The first kappa shape index (κ1) is 13.2. The van der Waals surface area contributed by atoms with E-state index in [2.05, 4.69) is 4.72 Å². The molecule has 0 fully saturated rings. The highest BCUT2D eigenvalue weighted by Crippen LogP contribution is 2.14. The smallest absolute Gasteiger partial charge is 0.241 e. The summed E-state index contributed by atoms with van der Waals surface area (Å²) in [5.41, 5.74) is 0.736. The molecule has 1 aromatic rings. The van der Waals surface area contributed by atoms with Gasteiger partial charge >= 0.3 is 0 Å². The molecule has 1 N–H and O–H groups in total. The van der Waals surface area contributed by atoms with Crippen LogP contribution >= 0.6 is 0 Å². The fourth-order valence-electron chi connectivity index (χ4n) is 1.47. The molecule has 0 heterocycles. The highest BCUT2D eigenvalue weighted by molar-refractivity contribution is 7.89. The number of methoxy groups -OCH3 is 1. The molecule has 0 bridgehead atoms. The zero-order chi connectivity index (χ0) is 12.2. The summed E-state index contributed by atoms with van der Waals surface area (Å²) in [4.78, 5) is 0.318. The molecule has 1 rings (SSSR count). The van der Waals surface area contributed by atoms with Crippen LogP contribution < -0.4 is 4.72 Å². The normalized spacial score (nSPS) is 13.7. The molecule has 0 saturated heterocycles. The van der Waals surface area contributed by atoms with Gasteiger partial charge in [-0.25, -0.2) is 13.1 Å². The standard InChI is InChI=1S/C11H17NO3S/c1-9-6-4-5-7-11(9)16(13,14)12-10(2)8-15-3/h4-7,10,12H,8H2,1-3H3. The molecular weight excluding hydrogens is 226 g/mol. The molecule has 90 valence electrons. The number of rotatable bonds is 5. The molecule has 5 heteroatoms. The van der Waals surface area contributed by atoms with Crippen LogP contribution in [0.5, 0.6) is 0 Å². The summed E-state index contributed by atoms with van der Waals surface area (Å²) in [7, 11) is -1.90. The Labute approximate surface area is 96.7 Å². The number of hydrogen-bond acceptors (Lipinski definition) is 3. The van der Waals surface area contributed by atoms with Gasteiger partial charge in [-0.15, -0.1) is 0 Å². The molecule has 1 atom stereocenters. The summed E-state index contributed by atoms with van der Waals surface area (Å²) >= 11 is 0. The molecule has 0 saturated carbocycles. The van der Waals surface area contributed by atoms with E-state index in [9.17, 15) is 8.42 Å². The van der Waals surface area contributed by atoms with Crippen LogP contribution in [0.25, 0.3) is 0 Å². The molecule has 4 nitrogen and oxygen atoms in total. The van der Waals surface area contributed by atoms with Gasteiger partial charge in [0.2, 0.25) is 10.0 Å². The Morgan fingerprint density at radius 1 is 1.38 bits per heavy atom. The van der Waals surface area contributed by atoms with Crippen molar-refractivity contribution in [3.63, 3.8) is 0 Å². The zero-order valence-corrected chi connectivity index (χ0v) is 10.5. The molecule has 0 aliphatic heterocycles. The SMILES string of the molecule is COCC(C)NS(=O)(=O)c1ccccc1C. The van der Waals surface area contributed by atoms with Gasteiger partial charge < -0.3 is 4.74 Å². The Morgan fingerprint density at radius 2 is 2.00 bits per heavy atom. The van der Waals surface area contributed by atoms with Crippen molar-refractivity contribution in [1.29, 1.82) is 0 Å². The van der Waals surface area contributed by atoms with Gasteiger partial charge in [-0.2, -0.15) is 0 Å². The maximum atomic E-state index is 12.0. The predicted molar refractivity (Wildman–Crippen MR) is 62.8 cm³/mol. The number of aryl methyl sites for hydroxylation is 1. The molecule has 1 unspecified atom stereocenters. The summed E-state index contributed by atoms with van der Waals surface area (Å²) < 4.78 is 31.4. The number of hydrogen-bond donors (Lipinski definition) is 1. The first-order valence-electron chi connectivity index (χ1n) is 5.04. The van der Waals surface area contributed by atoms with Crippen LogP contribution in [0.1, 0.15) is 12.5 Å². The van der Waals surface area contributed by atoms with E-state index in [1.54, 1.807) is 39.2 Å². The first-order valence-corrected chi connectivity index (χ1v) is 6.52. The summed E-state index contributed by atoms with van der Waals surface area (Å²) in [5.74, 6) is 0. The predicted octanol–water partition coefficient (Wildman–Crippen LogP) is 1.31. The monoisotopic (exact) mass is 243 g/mol. The molecular formula is C11H17NO3S. The lowest BCUT2D eigenvalue weighted by molar-refractivity contribution is 0.180. The Morgan fingerprint density at radius 3 is 2.56 bits per heavy atom. The highest BCUT2D eigenvalue weighted by Gasteiger charge is 2.18. The van der Waals surface area contributed by atoms with Crippen molar-refractivity contribution in [2.45, 2.75) is 24.8 Å². The van der Waals surface area contributed by atoms with Crippen LogP contribution in [-0.4, -0.2) is 28.2 Å². The van der Waals surface area contributed by atoms with Gasteiger partial charge in [0.15, 0.2) is 0 Å². The molecule has 0 aliphatic carbocycles. The largest absolute Gasteiger partial charge is 0.383 e. The van der Waals surface area contributed by atoms with Gasteiger partial charge in [-0.1, -0.05) is 18.2 Å². The van der Waals surface area contributed by atoms with E-state index in [0.717, 1.165) is 5.56 Å². The summed E-state index contributed by atoms with van der Waals surface area (Å²) in [6.07, 6.45) is 0. The van der Waals surface area contributed by atoms with Gasteiger partial charge in [0.05, 0.1) is 11.5 Å². The lowest BCUT2D eigenvalue weighted by Gasteiger charge is -2.14. The van der Waals surface area contributed by atoms with Crippen LogP contribution in [0.15, 0.2) is 29.2 Å². The second-order valence-electron chi connectivity index (χ2n) is 3.74. The second kappa shape index (κ2) is 5.43. The van der Waals surface area contributed by atoms with Crippen molar-refractivity contribution in [3.8, 4) is 0 Å². The van der Waals surface area contributed by atoms with Crippen molar-refractivity contribution in [2.75, 3.05) is 13.7 Å². The van der Waals surface area contributed by atoms with Crippen molar-refractivity contribution >= 4 is 10.0 Å². The van der Waals surface area contributed by atoms with Crippen LogP contribution in [0.3, 0.4) is 0 Å². The van der Waals surface area contributed by atoms with Crippen LogP contribution in [0, 0.1) is 6.92 Å². The molecule has 0 spiro atoms. The first-order chi connectivity index (χ1) is 7.47. The number of ether oxygens (including phenoxy) is 1. The minimum absolute atomic E-state index is 0.241. The molecule has 0 radical (unpaired) electrons. The van der Waals surface area contributed by atoms with E-state index >= 15 is 0 Å². The van der Waals surface area contributed by atoms with Crippen LogP contribution in [0.4, 0.5) is 0 Å². The van der Waals surface area contributed by atoms with Gasteiger partial charge in [0.1, 0.15) is 0 Å². The average Bonchev–Trinajstić information content (AvgIpc) is 2.17. The van der Waals surface area contributed by atoms with Crippen molar-refractivity contribution in [2.24, 2.45) is 0 Å². The van der Waals surface area contributed by atoms with Gasteiger partial charge in [-0.05, 0) is 25.5 Å². The third kappa shape index (κ3) is 3.30. The van der Waals surface area contributed by atoms with Gasteiger partial charge in [-0.3, -0.25) is 0 Å². The van der Waals surface area contributed by atoms with E-state index in [-0.39, 0.29) is 6.04 Å². The van der Waals surface area contributed by atoms with Crippen LogP contribution in [0.2, 0.25) is 0 Å². The molecule has 0 aliphatic rings. The Balaban J connectivity index is 2.91. The maximum absolute atomic E-state index is 12.0. The quantitative estimate of drug-likeness (QED) is 0.848. The summed E-state index contributed by atoms with van der Waals surface area (Å²) in [6, 6.07) is 6.65. The number of nitrogens with one attached hydrogen (secondary N) is 1. The van der Waals surface area contributed by atoms with Crippen molar-refractivity contribution in [1.82, 2.24) is 4.72 Å². The molecule has 1 aromatic carbocycles. The van der Waals surface area contributed by atoms with Gasteiger partial charge in [0, 0.05) is 13.2 Å². The van der Waals surface area contributed by atoms with E-state index in [4.69, 9.17) is 4.74 Å². The lowest BCUT2D eigenvalue weighted by Crippen LogP contribution is -2.35. The molecule has 0 amide bonds. The zero-order valence-electron chi connectivity index (χ0n) is 9.73. The van der Waals surface area contributed by atoms with Crippen LogP contribution in [-0.2, 0) is 14.8 Å². The van der Waals surface area contributed by atoms with Crippen molar-refractivity contribution in [3.05, 3.63) is 29.8 Å². The van der Waals surface area contributed by atoms with E-state index in [1.807, 2.05) is 6.07 Å². The number of sulfonamides is 1. The molecule has 16 heavy (non-hydrogen) atoms. The third-order valence-electron chi connectivity index (χ3n) is 2.16. The minimum Gasteiger partial charge on any atom is -0.383 e. The minimum atomic E-state index is -3.44. The van der Waals surface area contributed by atoms with E-state index in [1.165, 1.54) is 0 Å². The summed E-state index contributed by atoms with van der Waals surface area (Å²) in [5, 5.41) is 0. The van der Waals surface area contributed by atoms with Crippen molar-refractivity contribution < 1.29 is 13.2 Å². The topological polar surface area (TPSA) is 55.4 Å².